The molecule has 2 aliphatic rings. The zero-order valence-electron chi connectivity index (χ0n) is 12.2. The Morgan fingerprint density at radius 3 is 1.50 bits per heavy atom. The quantitative estimate of drug-likeness (QED) is 0.577. The number of rotatable bonds is 10. The lowest BCUT2D eigenvalue weighted by Gasteiger charge is -2.09. The summed E-state index contributed by atoms with van der Waals surface area (Å²) in [5.74, 6) is 0.367. The van der Waals surface area contributed by atoms with E-state index in [0.29, 0.717) is 45.1 Å². The molecule has 0 N–H and O–H groups in total. The Labute approximate surface area is 120 Å². The van der Waals surface area contributed by atoms with Crippen molar-refractivity contribution in [3.63, 3.8) is 0 Å². The fourth-order valence-electron chi connectivity index (χ4n) is 2.54. The first-order valence-corrected chi connectivity index (χ1v) is 7.83. The predicted molar refractivity (Wildman–Crippen MR) is 73.3 cm³/mol. The molecule has 20 heavy (non-hydrogen) atoms. The number of hydrogen-bond donors (Lipinski definition) is 0. The summed E-state index contributed by atoms with van der Waals surface area (Å²) in [5.41, 5.74) is 0. The molecule has 5 heteroatoms. The first-order valence-electron chi connectivity index (χ1n) is 7.83. The fourth-order valence-corrected chi connectivity index (χ4v) is 2.54. The Bertz CT molecular complexity index is 243. The average Bonchev–Trinajstić information content (AvgIpc) is 3.13. The molecule has 0 aromatic rings. The molecular weight excluding hydrogens is 260 g/mol. The smallest absolute Gasteiger partial charge is 0.157 e. The maximum absolute atomic E-state index is 11.7. The molecule has 0 aromatic carbocycles. The van der Waals surface area contributed by atoms with Crippen molar-refractivity contribution in [1.29, 1.82) is 0 Å². The normalized spacial score (nSPS) is 20.8. The number of hydrogen-bond acceptors (Lipinski definition) is 5. The second-order valence-corrected chi connectivity index (χ2v) is 5.37. The van der Waals surface area contributed by atoms with Gasteiger partial charge in [0.15, 0.2) is 12.6 Å². The SMILES string of the molecule is O=C(CCCCC1OCCO1)CCCCC1OCCO1. The second-order valence-electron chi connectivity index (χ2n) is 5.37. The van der Waals surface area contributed by atoms with Crippen LogP contribution in [0.5, 0.6) is 0 Å². The van der Waals surface area contributed by atoms with E-state index >= 15 is 0 Å². The van der Waals surface area contributed by atoms with E-state index in [1.54, 1.807) is 0 Å². The van der Waals surface area contributed by atoms with Gasteiger partial charge in [-0.1, -0.05) is 0 Å². The lowest BCUT2D eigenvalue weighted by molar-refractivity contribution is -0.119. The summed E-state index contributed by atoms with van der Waals surface area (Å²) in [6.45, 7) is 2.83. The summed E-state index contributed by atoms with van der Waals surface area (Å²) in [5, 5.41) is 0. The van der Waals surface area contributed by atoms with Crippen LogP contribution in [0.1, 0.15) is 51.4 Å². The lowest BCUT2D eigenvalue weighted by atomic mass is 10.1. The van der Waals surface area contributed by atoms with Gasteiger partial charge in [-0.2, -0.15) is 0 Å². The minimum atomic E-state index is -0.0310. The average molecular weight is 286 g/mol. The van der Waals surface area contributed by atoms with E-state index in [1.807, 2.05) is 0 Å². The van der Waals surface area contributed by atoms with Crippen molar-refractivity contribution < 1.29 is 23.7 Å². The zero-order valence-corrected chi connectivity index (χ0v) is 12.2. The Balaban J connectivity index is 1.38. The molecule has 2 aliphatic heterocycles. The van der Waals surface area contributed by atoms with Gasteiger partial charge in [-0.25, -0.2) is 0 Å². The molecule has 0 atom stereocenters. The van der Waals surface area contributed by atoms with Crippen molar-refractivity contribution in [2.75, 3.05) is 26.4 Å². The lowest BCUT2D eigenvalue weighted by Crippen LogP contribution is -2.08. The van der Waals surface area contributed by atoms with Crippen LogP contribution in [0.25, 0.3) is 0 Å². The van der Waals surface area contributed by atoms with Gasteiger partial charge in [0, 0.05) is 12.8 Å². The van der Waals surface area contributed by atoms with Gasteiger partial charge in [0.05, 0.1) is 26.4 Å². The molecule has 116 valence electrons. The molecule has 2 heterocycles. The Morgan fingerprint density at radius 1 is 0.700 bits per heavy atom. The molecule has 2 saturated heterocycles. The van der Waals surface area contributed by atoms with Crippen molar-refractivity contribution >= 4 is 5.78 Å². The molecule has 0 spiro atoms. The minimum Gasteiger partial charge on any atom is -0.350 e. The summed E-state index contributed by atoms with van der Waals surface area (Å²) >= 11 is 0. The van der Waals surface area contributed by atoms with Crippen LogP contribution in [0, 0.1) is 0 Å². The zero-order chi connectivity index (χ0) is 14.0. The molecule has 0 bridgehead atoms. The summed E-state index contributed by atoms with van der Waals surface area (Å²) in [4.78, 5) is 11.7. The Morgan fingerprint density at radius 2 is 1.10 bits per heavy atom. The van der Waals surface area contributed by atoms with Gasteiger partial charge in [0.2, 0.25) is 0 Å². The Hall–Kier alpha value is -0.490. The third-order valence-corrected chi connectivity index (χ3v) is 3.67. The van der Waals surface area contributed by atoms with Crippen molar-refractivity contribution in [2.45, 2.75) is 63.9 Å². The van der Waals surface area contributed by atoms with Gasteiger partial charge in [-0.15, -0.1) is 0 Å². The highest BCUT2D eigenvalue weighted by Gasteiger charge is 2.16. The minimum absolute atomic E-state index is 0.0310. The van der Waals surface area contributed by atoms with Gasteiger partial charge >= 0.3 is 0 Å². The van der Waals surface area contributed by atoms with E-state index in [9.17, 15) is 4.79 Å². The van der Waals surface area contributed by atoms with Gasteiger partial charge in [0.1, 0.15) is 5.78 Å². The summed E-state index contributed by atoms with van der Waals surface area (Å²) in [6, 6.07) is 0. The van der Waals surface area contributed by atoms with Crippen LogP contribution in [-0.4, -0.2) is 44.8 Å². The van der Waals surface area contributed by atoms with Crippen LogP contribution in [-0.2, 0) is 23.7 Å². The monoisotopic (exact) mass is 286 g/mol. The van der Waals surface area contributed by atoms with Crippen molar-refractivity contribution in [3.05, 3.63) is 0 Å². The number of ether oxygens (including phenoxy) is 4. The topological polar surface area (TPSA) is 54.0 Å². The first-order chi connectivity index (χ1) is 9.84. The van der Waals surface area contributed by atoms with E-state index < -0.39 is 0 Å². The van der Waals surface area contributed by atoms with E-state index in [2.05, 4.69) is 0 Å². The van der Waals surface area contributed by atoms with Crippen molar-refractivity contribution in [3.8, 4) is 0 Å². The van der Waals surface area contributed by atoms with E-state index in [4.69, 9.17) is 18.9 Å². The van der Waals surface area contributed by atoms with Gasteiger partial charge in [0.25, 0.3) is 0 Å². The number of Topliss-reactive ketones (excluding diaryl/α,β-unsaturated/α-hetero) is 1. The van der Waals surface area contributed by atoms with E-state index in [-0.39, 0.29) is 12.6 Å². The third kappa shape index (κ3) is 6.31. The highest BCUT2D eigenvalue weighted by molar-refractivity contribution is 5.78. The summed E-state index contributed by atoms with van der Waals surface area (Å²) in [6.07, 6.45) is 7.00. The van der Waals surface area contributed by atoms with Crippen molar-refractivity contribution in [1.82, 2.24) is 0 Å². The van der Waals surface area contributed by atoms with E-state index in [1.165, 1.54) is 0 Å². The second kappa shape index (κ2) is 9.45. The van der Waals surface area contributed by atoms with Crippen LogP contribution < -0.4 is 0 Å². The molecule has 0 aliphatic carbocycles. The fraction of sp³-hybridized carbons (Fsp3) is 0.933. The van der Waals surface area contributed by atoms with Gasteiger partial charge < -0.3 is 18.9 Å². The van der Waals surface area contributed by atoms with Crippen LogP contribution in [0.4, 0.5) is 0 Å². The van der Waals surface area contributed by atoms with E-state index in [0.717, 1.165) is 38.5 Å². The molecule has 0 saturated carbocycles. The molecular formula is C15H26O5. The molecule has 0 amide bonds. The van der Waals surface area contributed by atoms with Crippen LogP contribution in [0.3, 0.4) is 0 Å². The predicted octanol–water partition coefficient (Wildman–Crippen LogP) is 2.42. The Kier molecular flexibility index (Phi) is 7.51. The third-order valence-electron chi connectivity index (χ3n) is 3.67. The maximum atomic E-state index is 11.7. The maximum Gasteiger partial charge on any atom is 0.157 e. The molecule has 2 fully saturated rings. The number of unbranched alkanes of at least 4 members (excludes halogenated alkanes) is 2. The summed E-state index contributed by atoms with van der Waals surface area (Å²) in [7, 11) is 0. The number of carbonyl (C=O) groups excluding carboxylic acids is 1. The first kappa shape index (κ1) is 15.9. The van der Waals surface area contributed by atoms with Crippen LogP contribution >= 0.6 is 0 Å². The molecule has 0 radical (unpaired) electrons. The highest BCUT2D eigenvalue weighted by Crippen LogP contribution is 2.15. The van der Waals surface area contributed by atoms with Gasteiger partial charge in [-0.3, -0.25) is 4.79 Å². The van der Waals surface area contributed by atoms with Crippen LogP contribution in [0.15, 0.2) is 0 Å². The van der Waals surface area contributed by atoms with Gasteiger partial charge in [-0.05, 0) is 38.5 Å². The number of carbonyl (C=O) groups is 1. The largest absolute Gasteiger partial charge is 0.350 e. The highest BCUT2D eigenvalue weighted by atomic mass is 16.7. The van der Waals surface area contributed by atoms with Crippen LogP contribution in [0.2, 0.25) is 0 Å². The number of ketones is 1. The van der Waals surface area contributed by atoms with Crippen molar-refractivity contribution in [2.24, 2.45) is 0 Å². The molecule has 5 nitrogen and oxygen atoms in total. The summed E-state index contributed by atoms with van der Waals surface area (Å²) < 4.78 is 21.4. The molecule has 2 rings (SSSR count). The molecule has 0 unspecified atom stereocenters. The standard InChI is InChI=1S/C15H26O5/c16-13(5-1-3-7-14-17-9-10-18-14)6-2-4-8-15-19-11-12-20-15/h14-15H,1-12H2. The molecule has 0 aromatic heterocycles.